The fourth-order valence-corrected chi connectivity index (χ4v) is 2.88. The summed E-state index contributed by atoms with van der Waals surface area (Å²) in [4.78, 5) is 0.0161. The zero-order valence-corrected chi connectivity index (χ0v) is 11.9. The lowest BCUT2D eigenvalue weighted by molar-refractivity contribution is 0.601. The Kier molecular flexibility index (Phi) is 3.82. The van der Waals surface area contributed by atoms with E-state index in [0.29, 0.717) is 11.3 Å². The Bertz CT molecular complexity index is 842. The highest BCUT2D eigenvalue weighted by Crippen LogP contribution is 2.22. The van der Waals surface area contributed by atoms with Gasteiger partial charge in [-0.3, -0.25) is 4.72 Å². The minimum atomic E-state index is -3.88. The summed E-state index contributed by atoms with van der Waals surface area (Å²) in [5.41, 5.74) is 6.68. The molecule has 0 radical (unpaired) electrons. The third-order valence-electron chi connectivity index (χ3n) is 2.90. The molecule has 0 atom stereocenters. The van der Waals surface area contributed by atoms with Crippen LogP contribution in [0.3, 0.4) is 0 Å². The summed E-state index contributed by atoms with van der Waals surface area (Å²) in [6.45, 7) is 1.69. The third kappa shape index (κ3) is 3.12. The van der Waals surface area contributed by atoms with Crippen molar-refractivity contribution in [1.29, 1.82) is 5.26 Å². The average Bonchev–Trinajstić information content (AvgIpc) is 2.43. The van der Waals surface area contributed by atoms with Gasteiger partial charge in [0.2, 0.25) is 0 Å². The van der Waals surface area contributed by atoms with Gasteiger partial charge in [0.25, 0.3) is 10.0 Å². The fraction of sp³-hybridized carbons (Fsp3) is 0.0714. The first-order valence-electron chi connectivity index (χ1n) is 5.92. The summed E-state index contributed by atoms with van der Waals surface area (Å²) < 4.78 is 39.8. The number of nitrogens with zero attached hydrogens (tertiary/aromatic N) is 1. The first-order valence-corrected chi connectivity index (χ1v) is 7.40. The van der Waals surface area contributed by atoms with Crippen LogP contribution in [0.5, 0.6) is 0 Å². The molecule has 0 saturated heterocycles. The Morgan fingerprint density at radius 2 is 1.95 bits per heavy atom. The van der Waals surface area contributed by atoms with Gasteiger partial charge in [-0.05, 0) is 48.9 Å². The van der Waals surface area contributed by atoms with Gasteiger partial charge < -0.3 is 5.73 Å². The molecule has 0 heterocycles. The van der Waals surface area contributed by atoms with Gasteiger partial charge >= 0.3 is 0 Å². The Labute approximate surface area is 121 Å². The number of hydrogen-bond donors (Lipinski definition) is 2. The van der Waals surface area contributed by atoms with Crippen molar-refractivity contribution in [2.75, 3.05) is 10.5 Å². The summed E-state index contributed by atoms with van der Waals surface area (Å²) >= 11 is 0. The van der Waals surface area contributed by atoms with Gasteiger partial charge in [0.1, 0.15) is 11.9 Å². The molecule has 108 valence electrons. The van der Waals surface area contributed by atoms with Gasteiger partial charge in [-0.2, -0.15) is 5.26 Å². The number of hydrogen-bond acceptors (Lipinski definition) is 4. The zero-order chi connectivity index (χ0) is 15.6. The molecule has 21 heavy (non-hydrogen) atoms. The second-order valence-corrected chi connectivity index (χ2v) is 6.11. The summed E-state index contributed by atoms with van der Waals surface area (Å²) in [5.74, 6) is -0.613. The van der Waals surface area contributed by atoms with E-state index in [-0.39, 0.29) is 16.1 Å². The average molecular weight is 305 g/mol. The molecule has 0 aromatic heterocycles. The summed E-state index contributed by atoms with van der Waals surface area (Å²) in [7, 11) is -3.88. The Balaban J connectivity index is 2.42. The summed E-state index contributed by atoms with van der Waals surface area (Å²) in [5, 5.41) is 8.92. The molecule has 0 spiro atoms. The highest BCUT2D eigenvalue weighted by atomic mass is 32.2. The van der Waals surface area contributed by atoms with Crippen LogP contribution in [0.25, 0.3) is 0 Å². The molecular weight excluding hydrogens is 293 g/mol. The predicted octanol–water partition coefficient (Wildman–Crippen LogP) is 2.39. The second-order valence-electron chi connectivity index (χ2n) is 4.43. The van der Waals surface area contributed by atoms with E-state index in [4.69, 9.17) is 11.0 Å². The quantitative estimate of drug-likeness (QED) is 0.851. The maximum absolute atomic E-state index is 13.0. The Morgan fingerprint density at radius 3 is 2.57 bits per heavy atom. The number of nitriles is 1. The topological polar surface area (TPSA) is 96.0 Å². The Morgan fingerprint density at radius 1 is 1.24 bits per heavy atom. The number of rotatable bonds is 3. The van der Waals surface area contributed by atoms with Crippen molar-refractivity contribution in [2.24, 2.45) is 0 Å². The summed E-state index contributed by atoms with van der Waals surface area (Å²) in [6, 6.07) is 9.26. The van der Waals surface area contributed by atoms with Crippen LogP contribution in [-0.2, 0) is 10.0 Å². The number of sulfonamides is 1. The zero-order valence-electron chi connectivity index (χ0n) is 11.1. The number of benzene rings is 2. The predicted molar refractivity (Wildman–Crippen MR) is 77.5 cm³/mol. The first kappa shape index (κ1) is 14.8. The van der Waals surface area contributed by atoms with Crippen molar-refractivity contribution >= 4 is 21.4 Å². The minimum absolute atomic E-state index is 0.0161. The molecule has 7 heteroatoms. The lowest BCUT2D eigenvalue weighted by Gasteiger charge is -2.10. The number of nitrogens with one attached hydrogen (secondary N) is 1. The van der Waals surface area contributed by atoms with Crippen LogP contribution in [0.2, 0.25) is 0 Å². The van der Waals surface area contributed by atoms with Crippen molar-refractivity contribution in [1.82, 2.24) is 0 Å². The maximum atomic E-state index is 13.0. The van der Waals surface area contributed by atoms with Gasteiger partial charge in [-0.1, -0.05) is 0 Å². The van der Waals surface area contributed by atoms with E-state index in [2.05, 4.69) is 4.72 Å². The molecule has 0 saturated carbocycles. The van der Waals surface area contributed by atoms with Gasteiger partial charge in [0.15, 0.2) is 0 Å². The van der Waals surface area contributed by atoms with E-state index < -0.39 is 15.8 Å². The lowest BCUT2D eigenvalue weighted by atomic mass is 10.2. The van der Waals surface area contributed by atoms with Crippen LogP contribution < -0.4 is 10.5 Å². The first-order chi connectivity index (χ1) is 9.83. The molecule has 3 N–H and O–H groups in total. The maximum Gasteiger partial charge on any atom is 0.261 e. The molecule has 0 aliphatic heterocycles. The van der Waals surface area contributed by atoms with Crippen LogP contribution in [0.15, 0.2) is 41.3 Å². The van der Waals surface area contributed by atoms with Crippen LogP contribution in [0.4, 0.5) is 15.8 Å². The van der Waals surface area contributed by atoms with Crippen LogP contribution in [0.1, 0.15) is 11.1 Å². The molecule has 0 bridgehead atoms. The standard InChI is InChI=1S/C14H12FN3O2S/c1-9-6-12(3-4-13(9)17)21(19,20)18-14-5-2-11(15)7-10(14)8-16/h2-7,18H,17H2,1H3. The fourth-order valence-electron chi connectivity index (χ4n) is 1.72. The minimum Gasteiger partial charge on any atom is -0.399 e. The number of halogens is 1. The van der Waals surface area contributed by atoms with Gasteiger partial charge in [0.05, 0.1) is 16.1 Å². The van der Waals surface area contributed by atoms with Crippen molar-refractivity contribution < 1.29 is 12.8 Å². The molecule has 0 fully saturated rings. The monoisotopic (exact) mass is 305 g/mol. The number of nitrogen functional groups attached to an aromatic ring is 1. The van der Waals surface area contributed by atoms with Crippen molar-refractivity contribution in [3.8, 4) is 6.07 Å². The van der Waals surface area contributed by atoms with Gasteiger partial charge in [0, 0.05) is 5.69 Å². The normalized spacial score (nSPS) is 10.9. The molecule has 5 nitrogen and oxygen atoms in total. The van der Waals surface area contributed by atoms with E-state index in [1.807, 2.05) is 0 Å². The highest BCUT2D eigenvalue weighted by molar-refractivity contribution is 7.92. The number of aryl methyl sites for hydroxylation is 1. The summed E-state index contributed by atoms with van der Waals surface area (Å²) in [6.07, 6.45) is 0. The van der Waals surface area contributed by atoms with Crippen LogP contribution in [-0.4, -0.2) is 8.42 Å². The Hall–Kier alpha value is -2.59. The molecule has 2 aromatic carbocycles. The van der Waals surface area contributed by atoms with Crippen LogP contribution >= 0.6 is 0 Å². The van der Waals surface area contributed by atoms with Crippen LogP contribution in [0, 0.1) is 24.1 Å². The van der Waals surface area contributed by atoms with E-state index in [9.17, 15) is 12.8 Å². The number of anilines is 2. The molecule has 0 unspecified atom stereocenters. The molecular formula is C14H12FN3O2S. The van der Waals surface area contributed by atoms with E-state index >= 15 is 0 Å². The highest BCUT2D eigenvalue weighted by Gasteiger charge is 2.17. The molecule has 0 aliphatic carbocycles. The van der Waals surface area contributed by atoms with Crippen molar-refractivity contribution in [2.45, 2.75) is 11.8 Å². The smallest absolute Gasteiger partial charge is 0.261 e. The lowest BCUT2D eigenvalue weighted by Crippen LogP contribution is -2.14. The SMILES string of the molecule is Cc1cc(S(=O)(=O)Nc2ccc(F)cc2C#N)ccc1N. The van der Waals surface area contributed by atoms with E-state index in [1.54, 1.807) is 13.0 Å². The largest absolute Gasteiger partial charge is 0.399 e. The van der Waals surface area contributed by atoms with Crippen molar-refractivity contribution in [3.63, 3.8) is 0 Å². The van der Waals surface area contributed by atoms with Gasteiger partial charge in [-0.15, -0.1) is 0 Å². The second kappa shape index (κ2) is 5.42. The number of nitrogens with two attached hydrogens (primary N) is 1. The van der Waals surface area contributed by atoms with Gasteiger partial charge in [-0.25, -0.2) is 12.8 Å². The van der Waals surface area contributed by atoms with Crippen molar-refractivity contribution in [3.05, 3.63) is 53.3 Å². The van der Waals surface area contributed by atoms with E-state index in [0.717, 1.165) is 12.1 Å². The third-order valence-corrected chi connectivity index (χ3v) is 4.26. The molecule has 0 aliphatic rings. The molecule has 2 aromatic rings. The van der Waals surface area contributed by atoms with E-state index in [1.165, 1.54) is 24.3 Å². The molecule has 2 rings (SSSR count). The molecule has 0 amide bonds.